The first kappa shape index (κ1) is 23.5. The molecule has 31 heavy (non-hydrogen) atoms. The smallest absolute Gasteiger partial charge is 0.222 e. The lowest BCUT2D eigenvalue weighted by atomic mass is 9.68. The van der Waals surface area contributed by atoms with Gasteiger partial charge in [-0.25, -0.2) is 4.39 Å². The lowest BCUT2D eigenvalue weighted by Crippen LogP contribution is -2.43. The third-order valence-corrected chi connectivity index (χ3v) is 6.75. The molecule has 1 amide bonds. The molecule has 0 saturated carbocycles. The highest BCUT2D eigenvalue weighted by molar-refractivity contribution is 5.75. The van der Waals surface area contributed by atoms with Gasteiger partial charge >= 0.3 is 0 Å². The Balaban J connectivity index is 1.86. The van der Waals surface area contributed by atoms with Crippen molar-refractivity contribution in [2.75, 3.05) is 13.2 Å². The quantitative estimate of drug-likeness (QED) is 0.516. The zero-order valence-corrected chi connectivity index (χ0v) is 19.4. The fourth-order valence-electron chi connectivity index (χ4n) is 4.62. The third kappa shape index (κ3) is 5.74. The molecule has 3 rings (SSSR count). The van der Waals surface area contributed by atoms with E-state index in [0.29, 0.717) is 31.0 Å². The highest BCUT2D eigenvalue weighted by Gasteiger charge is 2.39. The van der Waals surface area contributed by atoms with Crippen LogP contribution in [0.4, 0.5) is 4.39 Å². The summed E-state index contributed by atoms with van der Waals surface area (Å²) in [5, 5.41) is 0. The molecule has 2 aromatic carbocycles. The summed E-state index contributed by atoms with van der Waals surface area (Å²) in [4.78, 5) is 14.6. The van der Waals surface area contributed by atoms with Crippen LogP contribution in [0.2, 0.25) is 0 Å². The van der Waals surface area contributed by atoms with Crippen LogP contribution >= 0.6 is 0 Å². The lowest BCUT2D eigenvalue weighted by molar-refractivity contribution is -0.132. The van der Waals surface area contributed by atoms with E-state index in [-0.39, 0.29) is 23.2 Å². The number of aryl methyl sites for hydroxylation is 1. The first-order valence-electron chi connectivity index (χ1n) is 11.5. The predicted octanol–water partition coefficient (Wildman–Crippen LogP) is 6.04. The van der Waals surface area contributed by atoms with E-state index in [9.17, 15) is 9.18 Å². The molecule has 0 aromatic heterocycles. The molecule has 0 N–H and O–H groups in total. The number of carbonyl (C=O) groups excluding carboxylic acids is 1. The van der Waals surface area contributed by atoms with Crippen molar-refractivity contribution in [1.82, 2.24) is 4.90 Å². The fraction of sp³-hybridized carbons (Fsp3) is 0.519. The van der Waals surface area contributed by atoms with Gasteiger partial charge in [-0.3, -0.25) is 4.79 Å². The molecule has 1 aliphatic rings. The minimum atomic E-state index is -0.254. The van der Waals surface area contributed by atoms with Crippen LogP contribution in [-0.4, -0.2) is 30.1 Å². The van der Waals surface area contributed by atoms with Crippen LogP contribution < -0.4 is 0 Å². The molecule has 3 nitrogen and oxygen atoms in total. The van der Waals surface area contributed by atoms with E-state index in [4.69, 9.17) is 4.74 Å². The van der Waals surface area contributed by atoms with Gasteiger partial charge in [0, 0.05) is 37.1 Å². The summed E-state index contributed by atoms with van der Waals surface area (Å²) in [7, 11) is 0. The van der Waals surface area contributed by atoms with Gasteiger partial charge in [0.05, 0.1) is 6.10 Å². The summed E-state index contributed by atoms with van der Waals surface area (Å²) in [5.74, 6) is 0.252. The van der Waals surface area contributed by atoms with Gasteiger partial charge in [-0.2, -0.15) is 0 Å². The summed E-state index contributed by atoms with van der Waals surface area (Å²) in [6, 6.07) is 15.6. The summed E-state index contributed by atoms with van der Waals surface area (Å²) < 4.78 is 20.4. The molecule has 2 atom stereocenters. The highest BCUT2D eigenvalue weighted by atomic mass is 19.1. The lowest BCUT2D eigenvalue weighted by Gasteiger charge is -2.44. The second kappa shape index (κ2) is 10.4. The first-order valence-corrected chi connectivity index (χ1v) is 11.5. The van der Waals surface area contributed by atoms with E-state index in [0.717, 1.165) is 25.9 Å². The third-order valence-electron chi connectivity index (χ3n) is 6.75. The number of amides is 1. The van der Waals surface area contributed by atoms with Crippen molar-refractivity contribution in [3.63, 3.8) is 0 Å². The number of ether oxygens (including phenoxy) is 1. The van der Waals surface area contributed by atoms with Crippen LogP contribution in [0.5, 0.6) is 0 Å². The Morgan fingerprint density at radius 3 is 2.55 bits per heavy atom. The number of carbonyl (C=O) groups is 1. The molecule has 0 aliphatic carbocycles. The van der Waals surface area contributed by atoms with E-state index in [1.54, 1.807) is 12.1 Å². The Kier molecular flexibility index (Phi) is 7.88. The van der Waals surface area contributed by atoms with Crippen molar-refractivity contribution in [1.29, 1.82) is 0 Å². The maximum absolute atomic E-state index is 14.3. The van der Waals surface area contributed by atoms with Gasteiger partial charge in [0.15, 0.2) is 0 Å². The van der Waals surface area contributed by atoms with E-state index in [2.05, 4.69) is 45.0 Å². The Hall–Kier alpha value is -2.20. The largest absolute Gasteiger partial charge is 0.378 e. The highest BCUT2D eigenvalue weighted by Crippen LogP contribution is 2.42. The number of rotatable bonds is 8. The Labute approximate surface area is 186 Å². The monoisotopic (exact) mass is 425 g/mol. The average Bonchev–Trinajstić information content (AvgIpc) is 2.77. The van der Waals surface area contributed by atoms with Gasteiger partial charge in [-0.1, -0.05) is 68.8 Å². The Morgan fingerprint density at radius 1 is 1.19 bits per heavy atom. The van der Waals surface area contributed by atoms with Crippen molar-refractivity contribution in [3.05, 3.63) is 71.0 Å². The minimum Gasteiger partial charge on any atom is -0.378 e. The van der Waals surface area contributed by atoms with Crippen LogP contribution in [-0.2, 0) is 21.5 Å². The van der Waals surface area contributed by atoms with E-state index in [1.165, 1.54) is 17.2 Å². The molecular weight excluding hydrogens is 389 g/mol. The second-order valence-corrected chi connectivity index (χ2v) is 9.26. The number of hydrogen-bond acceptors (Lipinski definition) is 2. The van der Waals surface area contributed by atoms with Crippen LogP contribution in [0, 0.1) is 18.7 Å². The summed E-state index contributed by atoms with van der Waals surface area (Å²) in [6.07, 6.45) is 3.36. The van der Waals surface area contributed by atoms with Crippen molar-refractivity contribution in [2.45, 2.75) is 71.4 Å². The van der Waals surface area contributed by atoms with Crippen molar-refractivity contribution >= 4 is 5.91 Å². The molecule has 1 aliphatic heterocycles. The molecule has 0 unspecified atom stereocenters. The maximum atomic E-state index is 14.3. The second-order valence-electron chi connectivity index (χ2n) is 9.26. The van der Waals surface area contributed by atoms with Crippen LogP contribution in [0.1, 0.15) is 63.1 Å². The zero-order chi connectivity index (χ0) is 22.4. The fourth-order valence-corrected chi connectivity index (χ4v) is 4.62. The molecule has 0 bridgehead atoms. The average molecular weight is 426 g/mol. The summed E-state index contributed by atoms with van der Waals surface area (Å²) >= 11 is 0. The topological polar surface area (TPSA) is 29.5 Å². The molecule has 0 radical (unpaired) electrons. The van der Waals surface area contributed by atoms with Crippen molar-refractivity contribution < 1.29 is 13.9 Å². The molecule has 0 spiro atoms. The number of hydrogen-bond donors (Lipinski definition) is 0. The van der Waals surface area contributed by atoms with E-state index < -0.39 is 0 Å². The van der Waals surface area contributed by atoms with Gasteiger partial charge in [0.1, 0.15) is 5.82 Å². The normalized spacial score (nSPS) is 21.3. The summed E-state index contributed by atoms with van der Waals surface area (Å²) in [6.45, 7) is 10.0. The predicted molar refractivity (Wildman–Crippen MR) is 123 cm³/mol. The standard InChI is InChI=1S/C27H36FNO2/c1-5-26(30)29(19-22-8-6-7-9-24(22)28)16-14-27(23-12-10-21(4)11-13-23)15-17-31-25(18-27)20(2)3/h6-13,20,25H,5,14-19H2,1-4H3/t25-,27-/m1/s1. The molecule has 2 aromatic rings. The van der Waals surface area contributed by atoms with Gasteiger partial charge in [-0.05, 0) is 43.7 Å². The van der Waals surface area contributed by atoms with Crippen LogP contribution in [0.3, 0.4) is 0 Å². The number of benzene rings is 2. The van der Waals surface area contributed by atoms with Gasteiger partial charge < -0.3 is 9.64 Å². The molecule has 168 valence electrons. The summed E-state index contributed by atoms with van der Waals surface area (Å²) in [5.41, 5.74) is 3.10. The number of halogens is 1. The Morgan fingerprint density at radius 2 is 1.90 bits per heavy atom. The molecule has 1 fully saturated rings. The van der Waals surface area contributed by atoms with E-state index >= 15 is 0 Å². The van der Waals surface area contributed by atoms with Crippen molar-refractivity contribution in [2.24, 2.45) is 5.92 Å². The minimum absolute atomic E-state index is 0.0393. The van der Waals surface area contributed by atoms with E-state index in [1.807, 2.05) is 17.9 Å². The number of nitrogens with zero attached hydrogens (tertiary/aromatic N) is 1. The zero-order valence-electron chi connectivity index (χ0n) is 19.4. The SMILES string of the molecule is CCC(=O)N(CC[C@@]1(c2ccc(C)cc2)CCO[C@@H](C(C)C)C1)Cc1ccccc1F. The van der Waals surface area contributed by atoms with Gasteiger partial charge in [0.25, 0.3) is 0 Å². The van der Waals surface area contributed by atoms with Crippen LogP contribution in [0.15, 0.2) is 48.5 Å². The molecule has 1 heterocycles. The Bertz CT molecular complexity index is 864. The molecular formula is C27H36FNO2. The molecule has 4 heteroatoms. The van der Waals surface area contributed by atoms with Gasteiger partial charge in [0.2, 0.25) is 5.91 Å². The maximum Gasteiger partial charge on any atom is 0.222 e. The van der Waals surface area contributed by atoms with Crippen LogP contribution in [0.25, 0.3) is 0 Å². The molecule has 1 saturated heterocycles. The van der Waals surface area contributed by atoms with Gasteiger partial charge in [-0.15, -0.1) is 0 Å². The first-order chi connectivity index (χ1) is 14.8. The van der Waals surface area contributed by atoms with Crippen molar-refractivity contribution in [3.8, 4) is 0 Å².